The van der Waals surface area contributed by atoms with Crippen LogP contribution in [0.1, 0.15) is 32.8 Å². The Morgan fingerprint density at radius 1 is 0.879 bits per heavy atom. The summed E-state index contributed by atoms with van der Waals surface area (Å²) in [6.45, 7) is 4.64. The number of carboxylic acid groups (broad SMARTS) is 2. The number of rotatable bonds is 12. The van der Waals surface area contributed by atoms with Crippen LogP contribution in [-0.4, -0.2) is 69.1 Å². The Balaban J connectivity index is 2.74. The van der Waals surface area contributed by atoms with E-state index in [1.807, 2.05) is 0 Å². The Labute approximate surface area is 190 Å². The Bertz CT molecular complexity index is 872. The second-order valence-corrected chi connectivity index (χ2v) is 7.93. The molecule has 4 atom stereocenters. The number of carbonyl (C=O) groups is 5. The number of phenols is 1. The summed E-state index contributed by atoms with van der Waals surface area (Å²) in [6.07, 6.45) is -0.664. The van der Waals surface area contributed by atoms with Gasteiger partial charge >= 0.3 is 11.9 Å². The van der Waals surface area contributed by atoms with E-state index < -0.39 is 60.2 Å². The van der Waals surface area contributed by atoms with Gasteiger partial charge in [-0.3, -0.25) is 19.2 Å². The monoisotopic (exact) mass is 466 g/mol. The zero-order valence-electron chi connectivity index (χ0n) is 18.6. The second kappa shape index (κ2) is 12.4. The molecule has 0 radical (unpaired) electrons. The summed E-state index contributed by atoms with van der Waals surface area (Å²) in [5, 5.41) is 34.1. The minimum atomic E-state index is -1.66. The topological polar surface area (TPSA) is 208 Å². The first-order valence-corrected chi connectivity index (χ1v) is 10.2. The molecule has 1 aromatic carbocycles. The number of carboxylic acids is 2. The van der Waals surface area contributed by atoms with Gasteiger partial charge in [-0.1, -0.05) is 26.0 Å². The van der Waals surface area contributed by atoms with Gasteiger partial charge in [0, 0.05) is 0 Å². The predicted molar refractivity (Wildman–Crippen MR) is 116 cm³/mol. The first-order valence-electron chi connectivity index (χ1n) is 10.2. The van der Waals surface area contributed by atoms with Gasteiger partial charge in [0.2, 0.25) is 17.7 Å². The third-order valence-corrected chi connectivity index (χ3v) is 4.72. The van der Waals surface area contributed by atoms with E-state index >= 15 is 0 Å². The third kappa shape index (κ3) is 9.15. The summed E-state index contributed by atoms with van der Waals surface area (Å²) < 4.78 is 0. The molecule has 0 aromatic heterocycles. The molecular formula is C21H30N4O8. The van der Waals surface area contributed by atoms with Gasteiger partial charge in [-0.15, -0.1) is 0 Å². The maximum absolute atomic E-state index is 12.7. The van der Waals surface area contributed by atoms with Gasteiger partial charge in [0.25, 0.3) is 0 Å². The smallest absolute Gasteiger partial charge is 0.326 e. The lowest BCUT2D eigenvalue weighted by molar-refractivity contribution is -0.147. The fraction of sp³-hybridized carbons (Fsp3) is 0.476. The summed E-state index contributed by atoms with van der Waals surface area (Å²) >= 11 is 0. The summed E-state index contributed by atoms with van der Waals surface area (Å²) in [5.74, 6) is -5.42. The highest BCUT2D eigenvalue weighted by Gasteiger charge is 2.30. The number of carbonyl (C=O) groups excluding carboxylic acids is 3. The molecule has 182 valence electrons. The van der Waals surface area contributed by atoms with Crippen LogP contribution < -0.4 is 21.7 Å². The standard InChI is InChI=1S/C21H30N4O8/c1-10(2)17(25-19(30)14(22)8-12-4-6-13(26)7-5-12)20(31)23-11(3)18(29)24-15(21(32)33)9-16(27)28/h4-7,10-11,14-15,17,26H,8-9,22H2,1-3H3,(H,23,31)(H,24,29)(H,25,30)(H,27,28)(H,32,33). The van der Waals surface area contributed by atoms with Crippen molar-refractivity contribution in [1.82, 2.24) is 16.0 Å². The van der Waals surface area contributed by atoms with Gasteiger partial charge in [0.15, 0.2) is 0 Å². The fourth-order valence-corrected chi connectivity index (χ4v) is 2.81. The highest BCUT2D eigenvalue weighted by atomic mass is 16.4. The van der Waals surface area contributed by atoms with Crippen LogP contribution >= 0.6 is 0 Å². The van der Waals surface area contributed by atoms with Gasteiger partial charge in [-0.05, 0) is 37.0 Å². The molecule has 3 amide bonds. The van der Waals surface area contributed by atoms with E-state index in [1.165, 1.54) is 19.1 Å². The van der Waals surface area contributed by atoms with E-state index in [9.17, 15) is 29.1 Å². The Hall–Kier alpha value is -3.67. The molecule has 0 saturated carbocycles. The summed E-state index contributed by atoms with van der Waals surface area (Å²) in [6, 6.07) is 1.29. The average Bonchev–Trinajstić information content (AvgIpc) is 2.71. The van der Waals surface area contributed by atoms with Crippen molar-refractivity contribution in [1.29, 1.82) is 0 Å². The number of aliphatic carboxylic acids is 2. The van der Waals surface area contributed by atoms with Gasteiger partial charge < -0.3 is 37.0 Å². The van der Waals surface area contributed by atoms with Crippen LogP contribution in [0.3, 0.4) is 0 Å². The van der Waals surface area contributed by atoms with Crippen LogP contribution in [0.2, 0.25) is 0 Å². The molecule has 12 nitrogen and oxygen atoms in total. The first-order chi connectivity index (χ1) is 15.3. The number of aromatic hydroxyl groups is 1. The molecular weight excluding hydrogens is 436 g/mol. The Morgan fingerprint density at radius 2 is 1.45 bits per heavy atom. The van der Waals surface area contributed by atoms with Gasteiger partial charge in [-0.2, -0.15) is 0 Å². The SMILES string of the molecule is CC(NC(=O)C(NC(=O)C(N)Cc1ccc(O)cc1)C(C)C)C(=O)NC(CC(=O)O)C(=O)O. The van der Waals surface area contributed by atoms with E-state index in [1.54, 1.807) is 26.0 Å². The van der Waals surface area contributed by atoms with Crippen LogP contribution in [0.4, 0.5) is 0 Å². The molecule has 0 aliphatic rings. The number of phenolic OH excluding ortho intramolecular Hbond substituents is 1. The van der Waals surface area contributed by atoms with Crippen molar-refractivity contribution < 1.29 is 39.3 Å². The maximum atomic E-state index is 12.7. The molecule has 12 heteroatoms. The van der Waals surface area contributed by atoms with Crippen LogP contribution in [0.15, 0.2) is 24.3 Å². The zero-order valence-corrected chi connectivity index (χ0v) is 18.6. The highest BCUT2D eigenvalue weighted by molar-refractivity contribution is 5.94. The Kier molecular flexibility index (Phi) is 10.3. The van der Waals surface area contributed by atoms with Crippen LogP contribution in [-0.2, 0) is 30.4 Å². The average molecular weight is 466 g/mol. The van der Waals surface area contributed by atoms with E-state index in [4.69, 9.17) is 15.9 Å². The van der Waals surface area contributed by atoms with E-state index in [0.717, 1.165) is 0 Å². The molecule has 0 aliphatic carbocycles. The normalized spacial score (nSPS) is 14.5. The lowest BCUT2D eigenvalue weighted by Gasteiger charge is -2.25. The largest absolute Gasteiger partial charge is 0.508 e. The lowest BCUT2D eigenvalue weighted by atomic mass is 10.0. The van der Waals surface area contributed by atoms with Crippen molar-refractivity contribution in [2.75, 3.05) is 0 Å². The molecule has 8 N–H and O–H groups in total. The fourth-order valence-electron chi connectivity index (χ4n) is 2.81. The number of benzene rings is 1. The van der Waals surface area contributed by atoms with Crippen LogP contribution in [0.25, 0.3) is 0 Å². The lowest BCUT2D eigenvalue weighted by Crippen LogP contribution is -2.58. The molecule has 0 saturated heterocycles. The number of amides is 3. The molecule has 0 spiro atoms. The number of nitrogens with one attached hydrogen (secondary N) is 3. The maximum Gasteiger partial charge on any atom is 0.326 e. The number of hydrogen-bond donors (Lipinski definition) is 7. The van der Waals surface area contributed by atoms with E-state index in [-0.39, 0.29) is 18.1 Å². The summed E-state index contributed by atoms with van der Waals surface area (Å²) in [7, 11) is 0. The molecule has 0 bridgehead atoms. The second-order valence-electron chi connectivity index (χ2n) is 7.93. The van der Waals surface area contributed by atoms with Crippen molar-refractivity contribution in [3.05, 3.63) is 29.8 Å². The third-order valence-electron chi connectivity index (χ3n) is 4.72. The van der Waals surface area contributed by atoms with Gasteiger partial charge in [0.05, 0.1) is 12.5 Å². The number of hydrogen-bond acceptors (Lipinski definition) is 7. The van der Waals surface area contributed by atoms with Crippen molar-refractivity contribution >= 4 is 29.7 Å². The number of nitrogens with two attached hydrogens (primary N) is 1. The van der Waals surface area contributed by atoms with E-state index in [0.29, 0.717) is 5.56 Å². The van der Waals surface area contributed by atoms with Crippen LogP contribution in [0, 0.1) is 5.92 Å². The van der Waals surface area contributed by atoms with E-state index in [2.05, 4.69) is 16.0 Å². The highest BCUT2D eigenvalue weighted by Crippen LogP contribution is 2.11. The summed E-state index contributed by atoms with van der Waals surface area (Å²) in [4.78, 5) is 59.3. The van der Waals surface area contributed by atoms with Gasteiger partial charge in [-0.25, -0.2) is 4.79 Å². The minimum Gasteiger partial charge on any atom is -0.508 e. The first kappa shape index (κ1) is 27.4. The summed E-state index contributed by atoms with van der Waals surface area (Å²) in [5.41, 5.74) is 6.64. The van der Waals surface area contributed by atoms with Crippen molar-refractivity contribution in [3.8, 4) is 5.75 Å². The van der Waals surface area contributed by atoms with Crippen molar-refractivity contribution in [3.63, 3.8) is 0 Å². The zero-order chi connectivity index (χ0) is 25.3. The predicted octanol–water partition coefficient (Wildman–Crippen LogP) is -1.05. The Morgan fingerprint density at radius 3 is 1.94 bits per heavy atom. The molecule has 0 aliphatic heterocycles. The molecule has 4 unspecified atom stereocenters. The van der Waals surface area contributed by atoms with Crippen LogP contribution in [0.5, 0.6) is 5.75 Å². The molecule has 1 rings (SSSR count). The molecule has 0 heterocycles. The quantitative estimate of drug-likeness (QED) is 0.200. The van der Waals surface area contributed by atoms with Crippen molar-refractivity contribution in [2.24, 2.45) is 11.7 Å². The van der Waals surface area contributed by atoms with Crippen molar-refractivity contribution in [2.45, 2.75) is 57.8 Å². The molecule has 33 heavy (non-hydrogen) atoms. The molecule has 0 fully saturated rings. The van der Waals surface area contributed by atoms with Gasteiger partial charge in [0.1, 0.15) is 23.9 Å². The molecule has 1 aromatic rings. The minimum absolute atomic E-state index is 0.0732.